The van der Waals surface area contributed by atoms with E-state index >= 15 is 0 Å². The van der Waals surface area contributed by atoms with Crippen LogP contribution in [0.5, 0.6) is 0 Å². The monoisotopic (exact) mass is 423 g/mol. The maximum absolute atomic E-state index is 12.5. The Bertz CT molecular complexity index is 739. The predicted octanol–water partition coefficient (Wildman–Crippen LogP) is 2.01. The summed E-state index contributed by atoms with van der Waals surface area (Å²) >= 11 is 1.52. The average Bonchev–Trinajstić information content (AvgIpc) is 2.63. The normalized spacial score (nSPS) is 12.6. The van der Waals surface area contributed by atoms with Crippen molar-refractivity contribution in [3.8, 4) is 0 Å². The van der Waals surface area contributed by atoms with Crippen LogP contribution in [-0.4, -0.2) is 54.0 Å². The van der Waals surface area contributed by atoms with Crippen molar-refractivity contribution >= 4 is 35.6 Å². The molecular formula is C20H29N3O5S. The number of hydrogen-bond donors (Lipinski definition) is 3. The van der Waals surface area contributed by atoms with E-state index in [1.807, 2.05) is 19.2 Å². The van der Waals surface area contributed by atoms with Gasteiger partial charge >= 0.3 is 12.0 Å². The molecule has 0 radical (unpaired) electrons. The Morgan fingerprint density at radius 2 is 1.79 bits per heavy atom. The van der Waals surface area contributed by atoms with Crippen LogP contribution in [-0.2, 0) is 14.3 Å². The number of aryl methyl sites for hydroxylation is 1. The Hall–Kier alpha value is -2.55. The van der Waals surface area contributed by atoms with Crippen molar-refractivity contribution in [1.29, 1.82) is 0 Å². The summed E-state index contributed by atoms with van der Waals surface area (Å²) in [6.07, 6.45) is 1.04. The number of esters is 1. The molecule has 0 bridgehead atoms. The van der Waals surface area contributed by atoms with Crippen LogP contribution in [0.1, 0.15) is 43.1 Å². The summed E-state index contributed by atoms with van der Waals surface area (Å²) < 4.78 is 5.18. The standard InChI is InChI=1S/C20H29N3O5S/c1-12(2)21-20(27)23-17(24)14(4)28-19(26)16(9-10-29-5)22-18(25)15-8-6-7-13(3)11-15/h6-8,11-12,14,16H,9-10H2,1-5H3,(H,22,25)(H2,21,23,24,27)/t14-,16+/m0/s1. The first-order valence-corrected chi connectivity index (χ1v) is 10.7. The SMILES string of the molecule is CSCC[C@@H](NC(=O)c1cccc(C)c1)C(=O)O[C@@H](C)C(=O)NC(=O)NC(C)C. The number of benzene rings is 1. The lowest BCUT2D eigenvalue weighted by Gasteiger charge is -2.20. The molecule has 9 heteroatoms. The van der Waals surface area contributed by atoms with Crippen molar-refractivity contribution in [3.63, 3.8) is 0 Å². The van der Waals surface area contributed by atoms with Crippen molar-refractivity contribution < 1.29 is 23.9 Å². The van der Waals surface area contributed by atoms with Gasteiger partial charge in [-0.3, -0.25) is 14.9 Å². The summed E-state index contributed by atoms with van der Waals surface area (Å²) in [6, 6.07) is 5.28. The number of thioether (sulfide) groups is 1. The van der Waals surface area contributed by atoms with Gasteiger partial charge in [0.15, 0.2) is 6.10 Å². The molecule has 8 nitrogen and oxygen atoms in total. The van der Waals surface area contributed by atoms with E-state index < -0.39 is 36.0 Å². The first-order chi connectivity index (χ1) is 13.6. The zero-order valence-electron chi connectivity index (χ0n) is 17.4. The van der Waals surface area contributed by atoms with Crippen LogP contribution in [0.25, 0.3) is 0 Å². The summed E-state index contributed by atoms with van der Waals surface area (Å²) in [5, 5.41) is 7.29. The molecule has 3 N–H and O–H groups in total. The fraction of sp³-hybridized carbons (Fsp3) is 0.500. The molecule has 0 saturated carbocycles. The molecule has 0 aliphatic carbocycles. The number of ether oxygens (including phenoxy) is 1. The highest BCUT2D eigenvalue weighted by Crippen LogP contribution is 2.08. The number of imide groups is 1. The van der Waals surface area contributed by atoms with E-state index in [4.69, 9.17) is 4.74 Å². The maximum Gasteiger partial charge on any atom is 0.329 e. The maximum atomic E-state index is 12.5. The van der Waals surface area contributed by atoms with Crippen LogP contribution >= 0.6 is 11.8 Å². The van der Waals surface area contributed by atoms with E-state index in [2.05, 4.69) is 16.0 Å². The van der Waals surface area contributed by atoms with Gasteiger partial charge in [0.25, 0.3) is 11.8 Å². The third-order valence-corrected chi connectivity index (χ3v) is 4.44. The number of hydrogen-bond acceptors (Lipinski definition) is 6. The first-order valence-electron chi connectivity index (χ1n) is 9.32. The van der Waals surface area contributed by atoms with E-state index in [1.165, 1.54) is 18.7 Å². The molecule has 0 aliphatic rings. The third kappa shape index (κ3) is 8.99. The van der Waals surface area contributed by atoms with E-state index in [1.54, 1.807) is 32.0 Å². The number of carbonyl (C=O) groups excluding carboxylic acids is 4. The molecule has 1 rings (SSSR count). The van der Waals surface area contributed by atoms with Crippen LogP contribution in [0.3, 0.4) is 0 Å². The van der Waals surface area contributed by atoms with Crippen molar-refractivity contribution in [1.82, 2.24) is 16.0 Å². The van der Waals surface area contributed by atoms with Gasteiger partial charge in [-0.1, -0.05) is 17.7 Å². The molecule has 0 aliphatic heterocycles. The molecule has 0 heterocycles. The van der Waals surface area contributed by atoms with E-state index in [-0.39, 0.29) is 6.04 Å². The average molecular weight is 424 g/mol. The fourth-order valence-corrected chi connectivity index (χ4v) is 2.81. The van der Waals surface area contributed by atoms with Gasteiger partial charge < -0.3 is 15.4 Å². The molecule has 29 heavy (non-hydrogen) atoms. The second-order valence-electron chi connectivity index (χ2n) is 6.87. The van der Waals surface area contributed by atoms with Gasteiger partial charge in [-0.2, -0.15) is 11.8 Å². The second-order valence-corrected chi connectivity index (χ2v) is 7.86. The van der Waals surface area contributed by atoms with Crippen LogP contribution in [0.4, 0.5) is 4.79 Å². The molecule has 1 aromatic carbocycles. The highest BCUT2D eigenvalue weighted by Gasteiger charge is 2.27. The largest absolute Gasteiger partial charge is 0.451 e. The molecule has 0 saturated heterocycles. The Morgan fingerprint density at radius 1 is 1.10 bits per heavy atom. The van der Waals surface area contributed by atoms with Crippen LogP contribution in [0, 0.1) is 6.92 Å². The van der Waals surface area contributed by atoms with Crippen LogP contribution < -0.4 is 16.0 Å². The van der Waals surface area contributed by atoms with Gasteiger partial charge in [0, 0.05) is 11.6 Å². The van der Waals surface area contributed by atoms with Gasteiger partial charge in [0.2, 0.25) is 0 Å². The quantitative estimate of drug-likeness (QED) is 0.524. The first kappa shape index (κ1) is 24.5. The molecule has 0 fully saturated rings. The highest BCUT2D eigenvalue weighted by molar-refractivity contribution is 7.98. The minimum absolute atomic E-state index is 0.145. The molecular weight excluding hydrogens is 394 g/mol. The number of urea groups is 1. The molecule has 160 valence electrons. The predicted molar refractivity (Wildman–Crippen MR) is 113 cm³/mol. The summed E-state index contributed by atoms with van der Waals surface area (Å²) in [5.41, 5.74) is 1.36. The van der Waals surface area contributed by atoms with E-state index in [0.717, 1.165) is 5.56 Å². The Morgan fingerprint density at radius 3 is 2.38 bits per heavy atom. The van der Waals surface area contributed by atoms with Gasteiger partial charge in [-0.25, -0.2) is 9.59 Å². The zero-order chi connectivity index (χ0) is 22.0. The lowest BCUT2D eigenvalue weighted by Crippen LogP contribution is -2.48. The highest BCUT2D eigenvalue weighted by atomic mass is 32.2. The molecule has 4 amide bonds. The molecule has 0 aromatic heterocycles. The summed E-state index contributed by atoms with van der Waals surface area (Å²) in [7, 11) is 0. The van der Waals surface area contributed by atoms with Gasteiger partial charge in [0.1, 0.15) is 6.04 Å². The summed E-state index contributed by atoms with van der Waals surface area (Å²) in [4.78, 5) is 48.7. The number of amides is 4. The summed E-state index contributed by atoms with van der Waals surface area (Å²) in [5.74, 6) is -1.26. The molecule has 0 spiro atoms. The van der Waals surface area contributed by atoms with Crippen molar-refractivity contribution in [3.05, 3.63) is 35.4 Å². The van der Waals surface area contributed by atoms with Crippen LogP contribution in [0.2, 0.25) is 0 Å². The van der Waals surface area contributed by atoms with Gasteiger partial charge in [0.05, 0.1) is 0 Å². The Balaban J connectivity index is 2.73. The van der Waals surface area contributed by atoms with Crippen molar-refractivity contribution in [2.75, 3.05) is 12.0 Å². The number of carbonyl (C=O) groups is 4. The topological polar surface area (TPSA) is 114 Å². The van der Waals surface area contributed by atoms with E-state index in [0.29, 0.717) is 17.7 Å². The smallest absolute Gasteiger partial charge is 0.329 e. The van der Waals surface area contributed by atoms with Crippen molar-refractivity contribution in [2.24, 2.45) is 0 Å². The zero-order valence-corrected chi connectivity index (χ0v) is 18.2. The molecule has 2 atom stereocenters. The van der Waals surface area contributed by atoms with Gasteiger partial charge in [-0.05, 0) is 58.3 Å². The Labute approximate surface area is 175 Å². The Kier molecular flexibility index (Phi) is 10.2. The molecule has 0 unspecified atom stereocenters. The summed E-state index contributed by atoms with van der Waals surface area (Å²) in [6.45, 7) is 6.73. The minimum atomic E-state index is -1.19. The van der Waals surface area contributed by atoms with Gasteiger partial charge in [-0.15, -0.1) is 0 Å². The number of nitrogens with one attached hydrogen (secondary N) is 3. The second kappa shape index (κ2) is 12.1. The number of rotatable bonds is 9. The van der Waals surface area contributed by atoms with E-state index in [9.17, 15) is 19.2 Å². The minimum Gasteiger partial charge on any atom is -0.451 e. The lowest BCUT2D eigenvalue weighted by atomic mass is 10.1. The molecule has 1 aromatic rings. The van der Waals surface area contributed by atoms with Crippen molar-refractivity contribution in [2.45, 2.75) is 52.3 Å². The third-order valence-electron chi connectivity index (χ3n) is 3.80. The lowest BCUT2D eigenvalue weighted by molar-refractivity contribution is -0.156. The fourth-order valence-electron chi connectivity index (χ4n) is 2.33. The van der Waals surface area contributed by atoms with Crippen LogP contribution in [0.15, 0.2) is 24.3 Å².